The Morgan fingerprint density at radius 2 is 1.84 bits per heavy atom. The average molecular weight is 257 g/mol. The van der Waals surface area contributed by atoms with E-state index in [9.17, 15) is 0 Å². The van der Waals surface area contributed by atoms with E-state index in [0.717, 1.165) is 19.5 Å². The summed E-state index contributed by atoms with van der Waals surface area (Å²) in [5, 5.41) is 0. The summed E-state index contributed by atoms with van der Waals surface area (Å²) in [5.74, 6) is 0. The molecule has 0 aliphatic heterocycles. The summed E-state index contributed by atoms with van der Waals surface area (Å²) in [6.07, 6.45) is 3.00. The van der Waals surface area contributed by atoms with Gasteiger partial charge in [0.1, 0.15) is 0 Å². The minimum Gasteiger partial charge on any atom is -0.349 e. The van der Waals surface area contributed by atoms with Crippen LogP contribution in [0.1, 0.15) is 17.3 Å². The van der Waals surface area contributed by atoms with Gasteiger partial charge in [0.05, 0.1) is 0 Å². The average Bonchev–Trinajstić information content (AvgIpc) is 2.86. The quantitative estimate of drug-likeness (QED) is 0.861. The van der Waals surface area contributed by atoms with E-state index >= 15 is 0 Å². The highest BCUT2D eigenvalue weighted by Gasteiger charge is 2.11. The number of nitrogens with two attached hydrogens (primary N) is 1. The molecule has 0 saturated carbocycles. The first-order valence-corrected chi connectivity index (χ1v) is 6.76. The first-order valence-electron chi connectivity index (χ1n) is 6.76. The van der Waals surface area contributed by atoms with Crippen LogP contribution in [0.2, 0.25) is 0 Å². The lowest BCUT2D eigenvalue weighted by Crippen LogP contribution is -2.22. The van der Waals surface area contributed by atoms with E-state index in [2.05, 4.69) is 66.2 Å². The van der Waals surface area contributed by atoms with E-state index in [-0.39, 0.29) is 6.04 Å². The van der Waals surface area contributed by atoms with Crippen LogP contribution in [0.25, 0.3) is 0 Å². The van der Waals surface area contributed by atoms with Crippen molar-refractivity contribution >= 4 is 0 Å². The second-order valence-electron chi connectivity index (χ2n) is 5.23. The smallest absolute Gasteiger partial charge is 0.0490 e. The summed E-state index contributed by atoms with van der Waals surface area (Å²) in [4.78, 5) is 2.19. The standard InChI is InChI=1S/C16H23N3/c1-18(2)11-12-19-10-6-9-16(19)15(17)13-14-7-4-3-5-8-14/h3-10,15H,11-13,17H2,1-2H3. The highest BCUT2D eigenvalue weighted by Crippen LogP contribution is 2.16. The van der Waals surface area contributed by atoms with Crippen molar-refractivity contribution in [1.29, 1.82) is 0 Å². The van der Waals surface area contributed by atoms with Crippen LogP contribution >= 0.6 is 0 Å². The minimum atomic E-state index is 0.0552. The fraction of sp³-hybridized carbons (Fsp3) is 0.375. The van der Waals surface area contributed by atoms with Crippen LogP contribution in [0.15, 0.2) is 48.7 Å². The first-order chi connectivity index (χ1) is 9.16. The summed E-state index contributed by atoms with van der Waals surface area (Å²) in [7, 11) is 4.18. The molecule has 19 heavy (non-hydrogen) atoms. The maximum atomic E-state index is 6.34. The van der Waals surface area contributed by atoms with E-state index in [1.165, 1.54) is 11.3 Å². The van der Waals surface area contributed by atoms with Gasteiger partial charge in [-0.2, -0.15) is 0 Å². The van der Waals surface area contributed by atoms with E-state index in [0.29, 0.717) is 0 Å². The van der Waals surface area contributed by atoms with Gasteiger partial charge in [-0.05, 0) is 38.2 Å². The molecule has 0 amide bonds. The third-order valence-electron chi connectivity index (χ3n) is 3.33. The molecule has 3 nitrogen and oxygen atoms in total. The zero-order valence-electron chi connectivity index (χ0n) is 11.8. The van der Waals surface area contributed by atoms with Crippen LogP contribution < -0.4 is 5.73 Å². The predicted molar refractivity (Wildman–Crippen MR) is 80.1 cm³/mol. The van der Waals surface area contributed by atoms with Crippen LogP contribution in [-0.4, -0.2) is 30.1 Å². The molecule has 0 saturated heterocycles. The fourth-order valence-corrected chi connectivity index (χ4v) is 2.25. The molecule has 1 heterocycles. The van der Waals surface area contributed by atoms with Gasteiger partial charge in [-0.1, -0.05) is 30.3 Å². The highest BCUT2D eigenvalue weighted by atomic mass is 15.1. The summed E-state index contributed by atoms with van der Waals surface area (Å²) < 4.78 is 2.26. The Labute approximate surface area is 115 Å². The van der Waals surface area contributed by atoms with E-state index in [1.54, 1.807) is 0 Å². The number of likely N-dealkylation sites (N-methyl/N-ethyl adjacent to an activating group) is 1. The third-order valence-corrected chi connectivity index (χ3v) is 3.33. The Balaban J connectivity index is 2.03. The largest absolute Gasteiger partial charge is 0.349 e. The topological polar surface area (TPSA) is 34.2 Å². The van der Waals surface area contributed by atoms with Crippen molar-refractivity contribution in [1.82, 2.24) is 9.47 Å². The van der Waals surface area contributed by atoms with Crippen molar-refractivity contribution in [3.63, 3.8) is 0 Å². The molecule has 0 aliphatic rings. The van der Waals surface area contributed by atoms with Gasteiger partial charge in [0, 0.05) is 31.0 Å². The Hall–Kier alpha value is -1.58. The SMILES string of the molecule is CN(C)CCn1cccc1C(N)Cc1ccccc1. The molecule has 1 unspecified atom stereocenters. The summed E-state index contributed by atoms with van der Waals surface area (Å²) in [5.41, 5.74) is 8.85. The molecular formula is C16H23N3. The lowest BCUT2D eigenvalue weighted by atomic mass is 10.0. The summed E-state index contributed by atoms with van der Waals surface area (Å²) in [6.45, 7) is 2.01. The van der Waals surface area contributed by atoms with Gasteiger partial charge in [-0.25, -0.2) is 0 Å². The molecule has 0 spiro atoms. The van der Waals surface area contributed by atoms with Gasteiger partial charge < -0.3 is 15.2 Å². The molecule has 1 aromatic carbocycles. The molecule has 0 radical (unpaired) electrons. The number of benzene rings is 1. The van der Waals surface area contributed by atoms with Crippen LogP contribution in [0.3, 0.4) is 0 Å². The Bertz CT molecular complexity index is 488. The second kappa shape index (κ2) is 6.55. The molecule has 0 bridgehead atoms. The molecule has 3 heteroatoms. The molecule has 2 rings (SSSR count). The molecule has 0 aliphatic carbocycles. The van der Waals surface area contributed by atoms with Gasteiger partial charge in [-0.15, -0.1) is 0 Å². The van der Waals surface area contributed by atoms with Crippen LogP contribution in [0, 0.1) is 0 Å². The van der Waals surface area contributed by atoms with Gasteiger partial charge >= 0.3 is 0 Å². The Morgan fingerprint density at radius 1 is 1.11 bits per heavy atom. The number of hydrogen-bond donors (Lipinski definition) is 1. The normalized spacial score (nSPS) is 12.8. The van der Waals surface area contributed by atoms with Gasteiger partial charge in [-0.3, -0.25) is 0 Å². The van der Waals surface area contributed by atoms with E-state index < -0.39 is 0 Å². The van der Waals surface area contributed by atoms with Gasteiger partial charge in [0.2, 0.25) is 0 Å². The summed E-state index contributed by atoms with van der Waals surface area (Å²) >= 11 is 0. The van der Waals surface area contributed by atoms with Crippen molar-refractivity contribution in [2.24, 2.45) is 5.73 Å². The number of aromatic nitrogens is 1. The molecule has 2 N–H and O–H groups in total. The maximum absolute atomic E-state index is 6.34. The Morgan fingerprint density at radius 3 is 2.53 bits per heavy atom. The molecule has 102 valence electrons. The fourth-order valence-electron chi connectivity index (χ4n) is 2.25. The van der Waals surface area contributed by atoms with Gasteiger partial charge in [0.25, 0.3) is 0 Å². The maximum Gasteiger partial charge on any atom is 0.0490 e. The van der Waals surface area contributed by atoms with Crippen molar-refractivity contribution < 1.29 is 0 Å². The predicted octanol–water partition coefficient (Wildman–Crippen LogP) is 2.29. The van der Waals surface area contributed by atoms with Crippen LogP contribution in [-0.2, 0) is 13.0 Å². The Kier molecular flexibility index (Phi) is 4.77. The van der Waals surface area contributed by atoms with Gasteiger partial charge in [0.15, 0.2) is 0 Å². The molecule has 1 aromatic heterocycles. The third kappa shape index (κ3) is 3.94. The van der Waals surface area contributed by atoms with Crippen LogP contribution in [0.4, 0.5) is 0 Å². The number of hydrogen-bond acceptors (Lipinski definition) is 2. The van der Waals surface area contributed by atoms with E-state index in [4.69, 9.17) is 5.73 Å². The zero-order chi connectivity index (χ0) is 13.7. The molecular weight excluding hydrogens is 234 g/mol. The number of nitrogens with zero attached hydrogens (tertiary/aromatic N) is 2. The van der Waals surface area contributed by atoms with Crippen molar-refractivity contribution in [2.75, 3.05) is 20.6 Å². The second-order valence-corrected chi connectivity index (χ2v) is 5.23. The van der Waals surface area contributed by atoms with E-state index in [1.807, 2.05) is 6.07 Å². The molecule has 1 atom stereocenters. The van der Waals surface area contributed by atoms with Crippen molar-refractivity contribution in [3.8, 4) is 0 Å². The number of rotatable bonds is 6. The van der Waals surface area contributed by atoms with Crippen LogP contribution in [0.5, 0.6) is 0 Å². The first kappa shape index (κ1) is 13.8. The zero-order valence-corrected chi connectivity index (χ0v) is 11.8. The lowest BCUT2D eigenvalue weighted by Gasteiger charge is -2.17. The monoisotopic (exact) mass is 257 g/mol. The molecule has 2 aromatic rings. The van der Waals surface area contributed by atoms with Crippen molar-refractivity contribution in [3.05, 3.63) is 59.9 Å². The minimum absolute atomic E-state index is 0.0552. The highest BCUT2D eigenvalue weighted by molar-refractivity contribution is 5.20. The summed E-state index contributed by atoms with van der Waals surface area (Å²) in [6, 6.07) is 14.7. The van der Waals surface area contributed by atoms with Crippen molar-refractivity contribution in [2.45, 2.75) is 19.0 Å². The molecule has 0 fully saturated rings. The lowest BCUT2D eigenvalue weighted by molar-refractivity contribution is 0.379.